The van der Waals surface area contributed by atoms with Gasteiger partial charge in [-0.3, -0.25) is 29.5 Å². The van der Waals surface area contributed by atoms with Crippen LogP contribution in [-0.2, 0) is 97.1 Å². The molecule has 2 amide bonds. The third-order valence-corrected chi connectivity index (χ3v) is 22.6. The van der Waals surface area contributed by atoms with Crippen LogP contribution in [0.15, 0.2) is 171 Å². The van der Waals surface area contributed by atoms with Crippen molar-refractivity contribution in [3.05, 3.63) is 260 Å². The van der Waals surface area contributed by atoms with E-state index in [-0.39, 0.29) is 46.8 Å². The highest BCUT2D eigenvalue weighted by atomic mass is 16.5. The summed E-state index contributed by atoms with van der Waals surface area (Å²) in [6.45, 7) is 36.1. The Kier molecular flexibility index (Phi) is 25.2. The fourth-order valence-corrected chi connectivity index (χ4v) is 16.9. The number of hydrogen-bond acceptors (Lipinski definition) is 12. The van der Waals surface area contributed by atoms with E-state index in [1.54, 1.807) is 24.8 Å². The van der Waals surface area contributed by atoms with Crippen LogP contribution < -0.4 is 11.1 Å². The van der Waals surface area contributed by atoms with Crippen LogP contribution in [0.4, 0.5) is 0 Å². The molecule has 4 aliphatic heterocycles. The number of nitrogens with zero attached hydrogens (tertiary/aromatic N) is 12. The minimum Gasteiger partial charge on any atom is -0.372 e. The number of fused-ring (bicyclic) bond motifs is 12. The molecule has 12 aromatic rings. The van der Waals surface area contributed by atoms with E-state index in [0.29, 0.717) is 13.1 Å². The normalized spacial score (nSPS) is 15.9. The molecule has 0 saturated heterocycles. The number of aryl methyl sites for hydroxylation is 4. The van der Waals surface area contributed by atoms with Crippen molar-refractivity contribution in [1.82, 2.24) is 63.1 Å². The number of rotatable bonds is 19. The van der Waals surface area contributed by atoms with Gasteiger partial charge in [0.25, 0.3) is 0 Å². The highest BCUT2D eigenvalue weighted by molar-refractivity contribution is 5.91. The van der Waals surface area contributed by atoms with Gasteiger partial charge in [-0.1, -0.05) is 74.2 Å². The first-order chi connectivity index (χ1) is 53.8. The van der Waals surface area contributed by atoms with Gasteiger partial charge in [0.15, 0.2) is 0 Å². The molecular weight excluding hydrogens is 1390 g/mol. The first-order valence-corrected chi connectivity index (χ1v) is 40.4. The van der Waals surface area contributed by atoms with Gasteiger partial charge >= 0.3 is 0 Å². The first-order valence-electron chi connectivity index (χ1n) is 40.4. The van der Waals surface area contributed by atoms with Crippen molar-refractivity contribution in [3.63, 3.8) is 0 Å². The predicted molar refractivity (Wildman–Crippen MR) is 454 cm³/mol. The summed E-state index contributed by atoms with van der Waals surface area (Å²) < 4.78 is 22.5. The van der Waals surface area contributed by atoms with E-state index >= 15 is 0 Å². The second-order valence-corrected chi connectivity index (χ2v) is 34.3. The number of primary amides is 1. The van der Waals surface area contributed by atoms with Gasteiger partial charge in [0, 0.05) is 219 Å². The SMILES string of the molecule is CCCOC(Cn1c2c(c3cc(C)ccc31)CN(C)CC2)c1ccncc1.Cc1ccc2c(c1)c1c(n2CC(C(=O)NC(C)(C)C)c2ccncc2)CCN(C)C1.Cc1ccc2c(c1)c1c(n2CC(C(N)=O)c2ccncc2)CCN(C)C1.Cc1ccc2c(c1)c1c(n2CC(OCC(C)(C)C)c2ccncc2)CCN(C)C1. The molecule has 12 heterocycles. The largest absolute Gasteiger partial charge is 0.372 e. The Hall–Kier alpha value is -9.66. The number of carbonyl (C=O) groups excluding carboxylic acids is 2. The monoisotopic (exact) mass is 1510 g/mol. The first kappa shape index (κ1) is 80.4. The minimum absolute atomic E-state index is 0.0119. The van der Waals surface area contributed by atoms with Crippen LogP contribution >= 0.6 is 0 Å². The Morgan fingerprint density at radius 3 is 1.02 bits per heavy atom. The van der Waals surface area contributed by atoms with E-state index in [2.05, 4.69) is 244 Å². The van der Waals surface area contributed by atoms with Crippen LogP contribution in [0, 0.1) is 33.1 Å². The van der Waals surface area contributed by atoms with Crippen molar-refractivity contribution >= 4 is 55.4 Å². The fourth-order valence-electron chi connectivity index (χ4n) is 16.9. The van der Waals surface area contributed by atoms with Crippen molar-refractivity contribution in [1.29, 1.82) is 0 Å². The fraction of sp³-hybridized carbons (Fsp3) is 0.426. The van der Waals surface area contributed by atoms with Gasteiger partial charge in [-0.2, -0.15) is 0 Å². The second-order valence-electron chi connectivity index (χ2n) is 34.3. The van der Waals surface area contributed by atoms with E-state index in [1.165, 1.54) is 122 Å². The van der Waals surface area contributed by atoms with Gasteiger partial charge in [0.1, 0.15) is 12.2 Å². The maximum Gasteiger partial charge on any atom is 0.229 e. The maximum atomic E-state index is 13.3. The Morgan fingerprint density at radius 1 is 0.420 bits per heavy atom. The van der Waals surface area contributed by atoms with Crippen molar-refractivity contribution in [2.45, 2.75) is 190 Å². The molecule has 0 radical (unpaired) electrons. The third-order valence-electron chi connectivity index (χ3n) is 22.6. The van der Waals surface area contributed by atoms with Gasteiger partial charge in [-0.05, 0) is 230 Å². The van der Waals surface area contributed by atoms with Crippen LogP contribution in [0.3, 0.4) is 0 Å². The summed E-state index contributed by atoms with van der Waals surface area (Å²) in [6, 6.07) is 43.0. The number of nitrogens with one attached hydrogen (secondary N) is 1. The number of hydrogen-bond donors (Lipinski definition) is 2. The summed E-state index contributed by atoms with van der Waals surface area (Å²) in [5.41, 5.74) is 31.6. The molecular formula is C94H118N14O4. The summed E-state index contributed by atoms with van der Waals surface area (Å²) in [5.74, 6) is -0.872. The lowest BCUT2D eigenvalue weighted by molar-refractivity contribution is -0.124. The van der Waals surface area contributed by atoms with E-state index in [0.717, 1.165) is 122 Å². The Morgan fingerprint density at radius 2 is 0.714 bits per heavy atom. The van der Waals surface area contributed by atoms with Crippen LogP contribution in [-0.4, -0.2) is 143 Å². The van der Waals surface area contributed by atoms with E-state index < -0.39 is 0 Å². The van der Waals surface area contributed by atoms with Gasteiger partial charge in [0.2, 0.25) is 11.8 Å². The number of carbonyl (C=O) groups is 2. The van der Waals surface area contributed by atoms with Crippen LogP contribution in [0.2, 0.25) is 0 Å². The molecule has 0 fully saturated rings. The van der Waals surface area contributed by atoms with Gasteiger partial charge in [0.05, 0.1) is 31.5 Å². The van der Waals surface area contributed by atoms with Crippen LogP contribution in [0.5, 0.6) is 0 Å². The minimum atomic E-state index is -0.362. The van der Waals surface area contributed by atoms with Crippen molar-refractivity contribution in [2.24, 2.45) is 11.1 Å². The maximum absolute atomic E-state index is 13.3. The number of amides is 2. The molecule has 4 aromatic carbocycles. The lowest BCUT2D eigenvalue weighted by atomic mass is 9.97. The smallest absolute Gasteiger partial charge is 0.229 e. The summed E-state index contributed by atoms with van der Waals surface area (Å²) in [5, 5.41) is 8.61. The average Bonchev–Trinajstić information content (AvgIpc) is 1.63. The Balaban J connectivity index is 0.000000131. The summed E-state index contributed by atoms with van der Waals surface area (Å²) in [4.78, 5) is 51.7. The summed E-state index contributed by atoms with van der Waals surface area (Å²) in [7, 11) is 8.77. The van der Waals surface area contributed by atoms with E-state index in [4.69, 9.17) is 15.2 Å². The van der Waals surface area contributed by atoms with Crippen molar-refractivity contribution in [3.8, 4) is 0 Å². The molecule has 4 aliphatic rings. The molecule has 4 unspecified atom stereocenters. The number of benzene rings is 4. The number of likely N-dealkylation sites (N-methyl/N-ethyl adjacent to an activating group) is 4. The topological polar surface area (TPSA) is 175 Å². The molecule has 18 heteroatoms. The molecule has 0 bridgehead atoms. The predicted octanol–water partition coefficient (Wildman–Crippen LogP) is 16.3. The quantitative estimate of drug-likeness (QED) is 0.0785. The standard InChI is InChI=1S/C25H32N4O.C25H33N3O.C23H29N3O.C21H24N4O/c1-17-6-7-22-19(14-17)21-15-28(5)13-10-23(21)29(22)16-20(18-8-11-26-12-9-18)24(30)27-25(2,3)4;1-18-6-7-22-20(14-18)21-15-27(5)13-10-23(21)28(22)16-24(29-17-25(2,3)4)19-8-11-26-12-9-19;1-4-13-27-23(18-7-10-24-11-8-18)16-26-21-6-5-17(2)14-19(21)20-15-25(3)12-9-22(20)26;1-14-3-4-19-16(11-14)18-12-24(2)10-7-20(18)25(19)13-17(21(22)26)15-5-8-23-9-6-15/h6-9,11-12,14,20H,10,13,15-16H2,1-5H3,(H,27,30);6-9,11-12,14,24H,10,13,15-17H2,1-5H3;5-8,10-11,14,23H,4,9,12-13,15-16H2,1-3H3;3-6,8-9,11,17H,7,10,12-13H2,1-2H3,(H2,22,26). The highest BCUT2D eigenvalue weighted by Gasteiger charge is 2.33. The molecule has 4 atom stereocenters. The molecule has 8 aromatic heterocycles. The zero-order valence-corrected chi connectivity index (χ0v) is 69.0. The molecule has 3 N–H and O–H groups in total. The average molecular weight is 1510 g/mol. The number of pyridine rings is 4. The third kappa shape index (κ3) is 18.8. The van der Waals surface area contributed by atoms with Crippen molar-refractivity contribution in [2.75, 3.05) is 67.6 Å². The van der Waals surface area contributed by atoms with Gasteiger partial charge < -0.3 is 58.4 Å². The molecule has 0 spiro atoms. The molecule has 588 valence electrons. The zero-order chi connectivity index (χ0) is 79.1. The molecule has 0 aliphatic carbocycles. The number of nitrogens with two attached hydrogens (primary N) is 1. The van der Waals surface area contributed by atoms with Crippen LogP contribution in [0.1, 0.15) is 168 Å². The molecule has 0 saturated carbocycles. The molecule has 112 heavy (non-hydrogen) atoms. The second kappa shape index (κ2) is 35.2. The van der Waals surface area contributed by atoms with Crippen LogP contribution in [0.25, 0.3) is 43.6 Å². The number of aromatic nitrogens is 8. The Labute approximate surface area is 663 Å². The lowest BCUT2D eigenvalue weighted by Gasteiger charge is -2.28. The van der Waals surface area contributed by atoms with E-state index in [9.17, 15) is 9.59 Å². The van der Waals surface area contributed by atoms with E-state index in [1.807, 2.05) is 69.8 Å². The lowest BCUT2D eigenvalue weighted by Crippen LogP contribution is -2.44. The molecule has 18 nitrogen and oxygen atoms in total. The van der Waals surface area contributed by atoms with Crippen molar-refractivity contribution < 1.29 is 19.1 Å². The molecule has 16 rings (SSSR count). The highest BCUT2D eigenvalue weighted by Crippen LogP contribution is 2.39. The number of ether oxygens (including phenoxy) is 2. The Bertz CT molecular complexity index is 5220. The van der Waals surface area contributed by atoms with Gasteiger partial charge in [-0.15, -0.1) is 0 Å². The summed E-state index contributed by atoms with van der Waals surface area (Å²) >= 11 is 0. The zero-order valence-electron chi connectivity index (χ0n) is 69.0. The van der Waals surface area contributed by atoms with Gasteiger partial charge in [-0.25, -0.2) is 0 Å². The summed E-state index contributed by atoms with van der Waals surface area (Å²) in [6.07, 6.45) is 19.7.